The third-order valence-corrected chi connectivity index (χ3v) is 5.91. The number of urea groups is 1. The molecule has 8 heteroatoms. The smallest absolute Gasteiger partial charge is 0.329 e. The molecule has 1 N–H and O–H groups in total. The maximum Gasteiger partial charge on any atom is 0.329 e. The van der Waals surface area contributed by atoms with E-state index in [0.717, 1.165) is 5.56 Å². The Morgan fingerprint density at radius 1 is 1.03 bits per heavy atom. The van der Waals surface area contributed by atoms with Gasteiger partial charge in [0.05, 0.1) is 26.5 Å². The molecule has 2 atom stereocenters. The Kier molecular flexibility index (Phi) is 5.49. The van der Waals surface area contributed by atoms with E-state index in [4.69, 9.17) is 14.2 Å². The van der Waals surface area contributed by atoms with Crippen LogP contribution >= 0.6 is 0 Å². The molecule has 2 heterocycles. The third kappa shape index (κ3) is 3.57. The van der Waals surface area contributed by atoms with E-state index >= 15 is 0 Å². The third-order valence-electron chi connectivity index (χ3n) is 5.91. The number of nitrogens with one attached hydrogen (secondary N) is 1. The van der Waals surface area contributed by atoms with Crippen LogP contribution in [0, 0.1) is 0 Å². The fraction of sp³-hybridized carbons (Fsp3) is 0.391. The number of nitrogens with zero attached hydrogens (tertiary/aromatic N) is 2. The number of likely N-dealkylation sites (tertiary alicyclic amines) is 1. The first-order valence-corrected chi connectivity index (χ1v) is 10.2. The van der Waals surface area contributed by atoms with E-state index in [0.29, 0.717) is 42.6 Å². The lowest BCUT2D eigenvalue weighted by molar-refractivity contribution is -0.122. The molecule has 1 spiro atoms. The van der Waals surface area contributed by atoms with Crippen LogP contribution in [0.1, 0.15) is 18.4 Å². The molecule has 0 aliphatic carbocycles. The average molecular weight is 425 g/mol. The molecule has 2 saturated heterocycles. The van der Waals surface area contributed by atoms with Gasteiger partial charge in [0.2, 0.25) is 0 Å². The van der Waals surface area contributed by atoms with Crippen LogP contribution in [-0.4, -0.2) is 63.3 Å². The number of anilines is 1. The van der Waals surface area contributed by atoms with Crippen LogP contribution in [0.2, 0.25) is 0 Å². The summed E-state index contributed by atoms with van der Waals surface area (Å²) in [5, 5.41) is 3.00. The lowest BCUT2D eigenvalue weighted by Gasteiger charge is -2.28. The van der Waals surface area contributed by atoms with Crippen LogP contribution in [0.5, 0.6) is 17.2 Å². The van der Waals surface area contributed by atoms with Gasteiger partial charge in [0.1, 0.15) is 22.8 Å². The highest BCUT2D eigenvalue weighted by Gasteiger charge is 2.60. The molecule has 2 aromatic carbocycles. The van der Waals surface area contributed by atoms with E-state index in [1.54, 1.807) is 44.6 Å². The maximum atomic E-state index is 13.7. The molecule has 2 aromatic rings. The van der Waals surface area contributed by atoms with Crippen molar-refractivity contribution in [3.05, 3.63) is 48.0 Å². The number of benzene rings is 2. The molecule has 0 aromatic heterocycles. The maximum absolute atomic E-state index is 13.7. The molecule has 3 amide bonds. The zero-order chi connectivity index (χ0) is 22.2. The lowest BCUT2D eigenvalue weighted by Crippen LogP contribution is -2.52. The standard InChI is InChI=1S/C23H27N3O5/c1-5-31-17-8-6-16(7-9-17)26-21(27)23(24-22(26)28)14-25(2)13-20(23)15-10-18(29-3)12-19(11-15)30-4/h6-12,20H,5,13-14H2,1-4H3,(H,24,28)/t20-,23-/m0/s1. The first kappa shape index (κ1) is 21.0. The van der Waals surface area contributed by atoms with Crippen LogP contribution in [0.25, 0.3) is 0 Å². The monoisotopic (exact) mass is 425 g/mol. The van der Waals surface area contributed by atoms with Crippen LogP contribution < -0.4 is 24.4 Å². The first-order valence-electron chi connectivity index (χ1n) is 10.2. The van der Waals surface area contributed by atoms with Gasteiger partial charge in [0.15, 0.2) is 0 Å². The molecule has 0 radical (unpaired) electrons. The molecule has 4 rings (SSSR count). The number of carbonyl (C=O) groups is 2. The Balaban J connectivity index is 1.71. The Morgan fingerprint density at radius 3 is 2.26 bits per heavy atom. The summed E-state index contributed by atoms with van der Waals surface area (Å²) in [5.74, 6) is 1.44. The number of methoxy groups -OCH3 is 2. The summed E-state index contributed by atoms with van der Waals surface area (Å²) >= 11 is 0. The second kappa shape index (κ2) is 8.11. The van der Waals surface area contributed by atoms with Gasteiger partial charge in [-0.05, 0) is 55.9 Å². The number of rotatable bonds is 6. The molecule has 0 saturated carbocycles. The zero-order valence-corrected chi connectivity index (χ0v) is 18.2. The second-order valence-electron chi connectivity index (χ2n) is 7.86. The van der Waals surface area contributed by atoms with Crippen LogP contribution in [-0.2, 0) is 4.79 Å². The van der Waals surface area contributed by atoms with Crippen molar-refractivity contribution in [2.45, 2.75) is 18.4 Å². The topological polar surface area (TPSA) is 80.3 Å². The number of imide groups is 1. The SMILES string of the molecule is CCOc1ccc(N2C(=O)N[C@]3(CN(C)C[C@H]3c3cc(OC)cc(OC)c3)C2=O)cc1. The molecule has 0 bridgehead atoms. The lowest BCUT2D eigenvalue weighted by atomic mass is 9.81. The van der Waals surface area contributed by atoms with Crippen molar-refractivity contribution in [2.24, 2.45) is 0 Å². The van der Waals surface area contributed by atoms with Gasteiger partial charge in [0.25, 0.3) is 5.91 Å². The summed E-state index contributed by atoms with van der Waals surface area (Å²) in [5.41, 5.74) is 0.323. The van der Waals surface area contributed by atoms with E-state index < -0.39 is 11.6 Å². The highest BCUT2D eigenvalue weighted by Crippen LogP contribution is 2.43. The minimum Gasteiger partial charge on any atom is -0.497 e. The molecular weight excluding hydrogens is 398 g/mol. The van der Waals surface area contributed by atoms with E-state index in [2.05, 4.69) is 10.2 Å². The summed E-state index contributed by atoms with van der Waals surface area (Å²) in [4.78, 5) is 30.0. The Hall–Kier alpha value is -3.26. The quantitative estimate of drug-likeness (QED) is 0.717. The number of carbonyl (C=O) groups excluding carboxylic acids is 2. The minimum absolute atomic E-state index is 0.259. The predicted octanol–water partition coefficient (Wildman–Crippen LogP) is 2.63. The molecule has 8 nitrogen and oxygen atoms in total. The number of ether oxygens (including phenoxy) is 3. The number of hydrogen-bond donors (Lipinski definition) is 1. The predicted molar refractivity (Wildman–Crippen MR) is 116 cm³/mol. The van der Waals surface area contributed by atoms with Gasteiger partial charge < -0.3 is 24.4 Å². The number of amides is 3. The van der Waals surface area contributed by atoms with Gasteiger partial charge in [0, 0.05) is 25.1 Å². The Bertz CT molecular complexity index is 971. The molecule has 0 unspecified atom stereocenters. The van der Waals surface area contributed by atoms with Crippen molar-refractivity contribution in [3.63, 3.8) is 0 Å². The van der Waals surface area contributed by atoms with Gasteiger partial charge in [-0.25, -0.2) is 9.69 Å². The van der Waals surface area contributed by atoms with Crippen LogP contribution in [0.3, 0.4) is 0 Å². The van der Waals surface area contributed by atoms with E-state index in [1.807, 2.05) is 26.1 Å². The summed E-state index contributed by atoms with van der Waals surface area (Å²) in [6, 6.07) is 12.1. The zero-order valence-electron chi connectivity index (χ0n) is 18.2. The molecule has 2 aliphatic heterocycles. The van der Waals surface area contributed by atoms with Crippen molar-refractivity contribution in [2.75, 3.05) is 45.9 Å². The van der Waals surface area contributed by atoms with Crippen molar-refractivity contribution < 1.29 is 23.8 Å². The fourth-order valence-electron chi connectivity index (χ4n) is 4.52. The Labute approximate surface area is 181 Å². The number of likely N-dealkylation sites (N-methyl/N-ethyl adjacent to an activating group) is 1. The second-order valence-corrected chi connectivity index (χ2v) is 7.86. The van der Waals surface area contributed by atoms with Gasteiger partial charge in [-0.1, -0.05) is 0 Å². The first-order chi connectivity index (χ1) is 14.9. The van der Waals surface area contributed by atoms with Crippen molar-refractivity contribution in [3.8, 4) is 17.2 Å². The van der Waals surface area contributed by atoms with Gasteiger partial charge in [-0.3, -0.25) is 4.79 Å². The Morgan fingerprint density at radius 2 is 1.68 bits per heavy atom. The molecular formula is C23H27N3O5. The van der Waals surface area contributed by atoms with Crippen LogP contribution in [0.4, 0.5) is 10.5 Å². The van der Waals surface area contributed by atoms with Gasteiger partial charge >= 0.3 is 6.03 Å². The highest BCUT2D eigenvalue weighted by atomic mass is 16.5. The largest absolute Gasteiger partial charge is 0.497 e. The number of hydrogen-bond acceptors (Lipinski definition) is 6. The van der Waals surface area contributed by atoms with Crippen LogP contribution in [0.15, 0.2) is 42.5 Å². The van der Waals surface area contributed by atoms with Gasteiger partial charge in [-0.15, -0.1) is 0 Å². The summed E-state index contributed by atoms with van der Waals surface area (Å²) in [7, 11) is 5.12. The van der Waals surface area contributed by atoms with Crippen molar-refractivity contribution in [1.82, 2.24) is 10.2 Å². The highest BCUT2D eigenvalue weighted by molar-refractivity contribution is 6.24. The molecule has 31 heavy (non-hydrogen) atoms. The summed E-state index contributed by atoms with van der Waals surface area (Å²) < 4.78 is 16.3. The molecule has 2 aliphatic rings. The van der Waals surface area contributed by atoms with Crippen molar-refractivity contribution >= 4 is 17.6 Å². The molecule has 2 fully saturated rings. The summed E-state index contributed by atoms with van der Waals surface area (Å²) in [6.45, 7) is 3.47. The summed E-state index contributed by atoms with van der Waals surface area (Å²) in [6.07, 6.45) is 0. The average Bonchev–Trinajstić information content (AvgIpc) is 3.23. The van der Waals surface area contributed by atoms with Crippen molar-refractivity contribution in [1.29, 1.82) is 0 Å². The van der Waals surface area contributed by atoms with E-state index in [9.17, 15) is 9.59 Å². The van der Waals surface area contributed by atoms with E-state index in [1.165, 1.54) is 4.90 Å². The van der Waals surface area contributed by atoms with E-state index in [-0.39, 0.29) is 11.8 Å². The minimum atomic E-state index is -1.07. The fourth-order valence-corrected chi connectivity index (χ4v) is 4.52. The normalized spacial score (nSPS) is 23.4. The van der Waals surface area contributed by atoms with Gasteiger partial charge in [-0.2, -0.15) is 0 Å². The molecule has 164 valence electrons.